The van der Waals surface area contributed by atoms with Gasteiger partial charge in [-0.2, -0.15) is 0 Å². The maximum atomic E-state index is 13.3. The number of halogens is 1. The molecule has 4 rings (SSSR count). The number of nitrogens with zero attached hydrogens (tertiary/aromatic N) is 2. The monoisotopic (exact) mass is 475 g/mol. The van der Waals surface area contributed by atoms with Crippen molar-refractivity contribution in [2.45, 2.75) is 38.9 Å². The third-order valence-corrected chi connectivity index (χ3v) is 6.01. The molecule has 0 aliphatic rings. The van der Waals surface area contributed by atoms with Crippen molar-refractivity contribution >= 4 is 28.4 Å². The van der Waals surface area contributed by atoms with E-state index in [0.717, 1.165) is 23.0 Å². The minimum absolute atomic E-state index is 0.0629. The maximum Gasteiger partial charge on any atom is 0.332 e. The van der Waals surface area contributed by atoms with Crippen LogP contribution in [-0.4, -0.2) is 21.1 Å². The Hall–Kier alpha value is -3.64. The minimum Gasteiger partial charge on any atom is -0.352 e. The Kier molecular flexibility index (Phi) is 7.28. The van der Waals surface area contributed by atoms with E-state index >= 15 is 0 Å². The second kappa shape index (κ2) is 10.5. The van der Waals surface area contributed by atoms with Crippen LogP contribution in [0.25, 0.3) is 10.9 Å². The Morgan fingerprint density at radius 1 is 0.912 bits per heavy atom. The third kappa shape index (κ3) is 5.46. The fourth-order valence-corrected chi connectivity index (χ4v) is 4.26. The molecular weight excluding hydrogens is 450 g/mol. The molecule has 7 heteroatoms. The highest BCUT2D eigenvalue weighted by atomic mass is 35.5. The zero-order valence-electron chi connectivity index (χ0n) is 18.9. The van der Waals surface area contributed by atoms with Crippen LogP contribution in [0.1, 0.15) is 24.5 Å². The summed E-state index contributed by atoms with van der Waals surface area (Å²) in [6, 6.07) is 23.9. The van der Waals surface area contributed by atoms with Crippen molar-refractivity contribution in [1.82, 2.24) is 14.5 Å². The van der Waals surface area contributed by atoms with Crippen LogP contribution in [0, 0.1) is 0 Å². The normalized spacial score (nSPS) is 11.9. The number of hydrogen-bond acceptors (Lipinski definition) is 3. The van der Waals surface area contributed by atoms with Gasteiger partial charge in [-0.25, -0.2) is 4.79 Å². The lowest BCUT2D eigenvalue weighted by atomic mass is 10.1. The minimum atomic E-state index is -0.532. The molecule has 34 heavy (non-hydrogen) atoms. The van der Waals surface area contributed by atoms with Crippen LogP contribution in [0.2, 0.25) is 5.02 Å². The zero-order valence-corrected chi connectivity index (χ0v) is 19.7. The molecule has 174 valence electrons. The van der Waals surface area contributed by atoms with Crippen LogP contribution < -0.4 is 16.6 Å². The van der Waals surface area contributed by atoms with Crippen molar-refractivity contribution in [3.05, 3.63) is 116 Å². The van der Waals surface area contributed by atoms with Gasteiger partial charge in [0.25, 0.3) is 5.56 Å². The van der Waals surface area contributed by atoms with Crippen LogP contribution in [0.5, 0.6) is 0 Å². The summed E-state index contributed by atoms with van der Waals surface area (Å²) in [6.07, 6.45) is 1.62. The number of aryl methyl sites for hydroxylation is 1. The zero-order chi connectivity index (χ0) is 24.1. The standard InChI is InChI=1S/C27H26ClN3O3/c1-19(14-15-20-8-3-2-4-9-20)29-25(32)18-30-24-13-6-5-12-23(24)26(33)31(27(30)34)17-21-10-7-11-22(28)16-21/h2-13,16,19H,14-15,17-18H2,1H3,(H,29,32). The summed E-state index contributed by atoms with van der Waals surface area (Å²) >= 11 is 6.08. The number of carbonyl (C=O) groups excluding carboxylic acids is 1. The van der Waals surface area contributed by atoms with E-state index in [-0.39, 0.29) is 25.0 Å². The largest absolute Gasteiger partial charge is 0.352 e. The number of rotatable bonds is 8. The highest BCUT2D eigenvalue weighted by molar-refractivity contribution is 6.30. The van der Waals surface area contributed by atoms with E-state index in [2.05, 4.69) is 17.4 Å². The number of aromatic nitrogens is 2. The molecule has 0 bridgehead atoms. The van der Waals surface area contributed by atoms with E-state index in [4.69, 9.17) is 11.6 Å². The van der Waals surface area contributed by atoms with Crippen molar-refractivity contribution in [3.8, 4) is 0 Å². The lowest BCUT2D eigenvalue weighted by Gasteiger charge is -2.17. The van der Waals surface area contributed by atoms with Crippen molar-refractivity contribution in [2.75, 3.05) is 0 Å². The molecule has 1 aromatic heterocycles. The highest BCUT2D eigenvalue weighted by Crippen LogP contribution is 2.12. The molecule has 0 aliphatic carbocycles. The molecule has 0 radical (unpaired) electrons. The van der Waals surface area contributed by atoms with Gasteiger partial charge < -0.3 is 5.32 Å². The van der Waals surface area contributed by atoms with Gasteiger partial charge in [-0.15, -0.1) is 0 Å². The van der Waals surface area contributed by atoms with Gasteiger partial charge in [0.05, 0.1) is 17.4 Å². The molecule has 0 fully saturated rings. The summed E-state index contributed by atoms with van der Waals surface area (Å²) in [5.74, 6) is -0.277. The van der Waals surface area contributed by atoms with Gasteiger partial charge in [0, 0.05) is 11.1 Å². The molecule has 0 saturated heterocycles. The predicted octanol–water partition coefficient (Wildman–Crippen LogP) is 4.00. The molecule has 1 unspecified atom stereocenters. The van der Waals surface area contributed by atoms with Gasteiger partial charge in [0.15, 0.2) is 0 Å². The molecule has 0 aliphatic heterocycles. The lowest BCUT2D eigenvalue weighted by molar-refractivity contribution is -0.122. The summed E-state index contributed by atoms with van der Waals surface area (Å²) in [5.41, 5.74) is 1.45. The summed E-state index contributed by atoms with van der Waals surface area (Å²) in [6.45, 7) is 1.84. The second-order valence-electron chi connectivity index (χ2n) is 8.40. The first kappa shape index (κ1) is 23.5. The van der Waals surface area contributed by atoms with Crippen molar-refractivity contribution in [3.63, 3.8) is 0 Å². The Morgan fingerprint density at radius 3 is 2.38 bits per heavy atom. The van der Waals surface area contributed by atoms with Gasteiger partial charge in [-0.05, 0) is 55.2 Å². The van der Waals surface area contributed by atoms with Crippen molar-refractivity contribution < 1.29 is 4.79 Å². The van der Waals surface area contributed by atoms with Gasteiger partial charge >= 0.3 is 5.69 Å². The number of carbonyl (C=O) groups is 1. The summed E-state index contributed by atoms with van der Waals surface area (Å²) in [7, 11) is 0. The van der Waals surface area contributed by atoms with E-state index in [0.29, 0.717) is 15.9 Å². The van der Waals surface area contributed by atoms with Crippen molar-refractivity contribution in [1.29, 1.82) is 0 Å². The highest BCUT2D eigenvalue weighted by Gasteiger charge is 2.16. The van der Waals surface area contributed by atoms with Gasteiger partial charge in [-0.1, -0.05) is 66.2 Å². The van der Waals surface area contributed by atoms with Gasteiger partial charge in [-0.3, -0.25) is 18.7 Å². The first-order chi connectivity index (χ1) is 16.4. The Bertz CT molecular complexity index is 1430. The number of amides is 1. The van der Waals surface area contributed by atoms with E-state index in [1.54, 1.807) is 48.5 Å². The molecular formula is C27H26ClN3O3. The van der Waals surface area contributed by atoms with Crippen LogP contribution in [0.4, 0.5) is 0 Å². The van der Waals surface area contributed by atoms with E-state index in [1.165, 1.54) is 10.1 Å². The number of hydrogen-bond donors (Lipinski definition) is 1. The summed E-state index contributed by atoms with van der Waals surface area (Å²) in [4.78, 5) is 39.3. The Morgan fingerprint density at radius 2 is 1.62 bits per heavy atom. The van der Waals surface area contributed by atoms with Crippen LogP contribution in [-0.2, 0) is 24.3 Å². The Labute approximate surface area is 202 Å². The topological polar surface area (TPSA) is 73.1 Å². The summed E-state index contributed by atoms with van der Waals surface area (Å²) < 4.78 is 2.51. The first-order valence-electron chi connectivity index (χ1n) is 11.2. The SMILES string of the molecule is CC(CCc1ccccc1)NC(=O)Cn1c(=O)n(Cc2cccc(Cl)c2)c(=O)c2ccccc21. The predicted molar refractivity (Wildman–Crippen MR) is 135 cm³/mol. The van der Waals surface area contributed by atoms with Gasteiger partial charge in [0.1, 0.15) is 6.54 Å². The molecule has 1 N–H and O–H groups in total. The smallest absolute Gasteiger partial charge is 0.332 e. The quantitative estimate of drug-likeness (QED) is 0.418. The number of fused-ring (bicyclic) bond motifs is 1. The first-order valence-corrected chi connectivity index (χ1v) is 11.6. The third-order valence-electron chi connectivity index (χ3n) is 5.78. The molecule has 0 saturated carbocycles. The van der Waals surface area contributed by atoms with E-state index in [9.17, 15) is 14.4 Å². The molecule has 1 atom stereocenters. The van der Waals surface area contributed by atoms with Gasteiger partial charge in [0.2, 0.25) is 5.91 Å². The van der Waals surface area contributed by atoms with E-state index in [1.807, 2.05) is 25.1 Å². The molecule has 1 amide bonds. The lowest BCUT2D eigenvalue weighted by Crippen LogP contribution is -2.44. The van der Waals surface area contributed by atoms with Crippen LogP contribution in [0.3, 0.4) is 0 Å². The fourth-order valence-electron chi connectivity index (χ4n) is 4.05. The molecule has 3 aromatic carbocycles. The molecule has 1 heterocycles. The fraction of sp³-hybridized carbons (Fsp3) is 0.222. The van der Waals surface area contributed by atoms with E-state index < -0.39 is 11.2 Å². The molecule has 6 nitrogen and oxygen atoms in total. The number of benzene rings is 3. The average molecular weight is 476 g/mol. The molecule has 4 aromatic rings. The Balaban J connectivity index is 1.58. The number of nitrogens with one attached hydrogen (secondary N) is 1. The number of para-hydroxylation sites is 1. The maximum absolute atomic E-state index is 13.3. The average Bonchev–Trinajstić information content (AvgIpc) is 2.84. The second-order valence-corrected chi connectivity index (χ2v) is 8.84. The van der Waals surface area contributed by atoms with Crippen LogP contribution >= 0.6 is 11.6 Å². The summed E-state index contributed by atoms with van der Waals surface area (Å²) in [5, 5.41) is 3.89. The molecule has 0 spiro atoms. The van der Waals surface area contributed by atoms with Crippen molar-refractivity contribution in [2.24, 2.45) is 0 Å². The van der Waals surface area contributed by atoms with Crippen LogP contribution in [0.15, 0.2) is 88.5 Å².